The van der Waals surface area contributed by atoms with Crippen LogP contribution in [0.1, 0.15) is 35.2 Å². The van der Waals surface area contributed by atoms with Gasteiger partial charge in [-0.2, -0.15) is 0 Å². The number of aryl methyl sites for hydroxylation is 1. The second-order valence-corrected chi connectivity index (χ2v) is 9.50. The van der Waals surface area contributed by atoms with Crippen LogP contribution in [0.15, 0.2) is 91.0 Å². The van der Waals surface area contributed by atoms with Crippen molar-refractivity contribution in [2.45, 2.75) is 24.9 Å². The summed E-state index contributed by atoms with van der Waals surface area (Å²) in [5.74, 6) is 0. The largest absolute Gasteiger partial charge is 2.00 e. The van der Waals surface area contributed by atoms with Gasteiger partial charge >= 0.3 is 19.5 Å². The van der Waals surface area contributed by atoms with Gasteiger partial charge < -0.3 is 5.32 Å². The molecule has 0 amide bonds. The first-order chi connectivity index (χ1) is 14.6. The van der Waals surface area contributed by atoms with E-state index in [0.717, 1.165) is 30.5 Å². The van der Waals surface area contributed by atoms with E-state index in [1.165, 1.54) is 5.56 Å². The number of halogens is 1. The summed E-state index contributed by atoms with van der Waals surface area (Å²) < 4.78 is 27.5. The van der Waals surface area contributed by atoms with Gasteiger partial charge in [0.1, 0.15) is 5.21 Å². The molecule has 2 N–H and O–H groups in total. The predicted molar refractivity (Wildman–Crippen MR) is 124 cm³/mol. The molecule has 7 heteroatoms. The van der Waals surface area contributed by atoms with Gasteiger partial charge in [-0.15, -0.1) is 11.6 Å². The van der Waals surface area contributed by atoms with Crippen molar-refractivity contribution in [1.82, 2.24) is 10.0 Å². The Morgan fingerprint density at radius 2 is 1.23 bits per heavy atom. The molecule has 0 fully saturated rings. The van der Waals surface area contributed by atoms with Crippen LogP contribution in [0, 0.1) is 0 Å². The molecule has 0 radical (unpaired) electrons. The summed E-state index contributed by atoms with van der Waals surface area (Å²) in [6, 6.07) is 29.2. The molecule has 0 unspecified atom stereocenters. The van der Waals surface area contributed by atoms with E-state index >= 15 is 0 Å². The molecule has 31 heavy (non-hydrogen) atoms. The smallest absolute Gasteiger partial charge is 0.308 e. The molecule has 0 saturated heterocycles. The Labute approximate surface area is 203 Å². The van der Waals surface area contributed by atoms with Crippen LogP contribution in [0.2, 0.25) is 0 Å². The maximum absolute atomic E-state index is 12.4. The molecular formula is C24H27ClN2O2RuS+2. The second-order valence-electron chi connectivity index (χ2n) is 7.16. The molecule has 0 heterocycles. The van der Waals surface area contributed by atoms with Crippen LogP contribution in [0.3, 0.4) is 0 Å². The van der Waals surface area contributed by atoms with Gasteiger partial charge in [-0.3, -0.25) is 0 Å². The van der Waals surface area contributed by atoms with Crippen molar-refractivity contribution < 1.29 is 27.9 Å². The van der Waals surface area contributed by atoms with Crippen LogP contribution in [0.25, 0.3) is 0 Å². The van der Waals surface area contributed by atoms with E-state index in [2.05, 4.69) is 22.2 Å². The molecule has 3 aromatic rings. The first-order valence-electron chi connectivity index (χ1n) is 10.0. The molecule has 0 saturated carbocycles. The fraction of sp³-hybridized carbons (Fsp3) is 0.250. The van der Waals surface area contributed by atoms with Gasteiger partial charge in [-0.1, -0.05) is 91.0 Å². The first-order valence-corrected chi connectivity index (χ1v) is 12.2. The average molecular weight is 544 g/mol. The number of sulfonamides is 1. The number of benzene rings is 3. The molecule has 0 aliphatic rings. The van der Waals surface area contributed by atoms with Crippen LogP contribution in [0.4, 0.5) is 0 Å². The Balaban J connectivity index is 0.00000341. The molecule has 3 rings (SSSR count). The van der Waals surface area contributed by atoms with Crippen LogP contribution in [-0.2, 0) is 35.9 Å². The Morgan fingerprint density at radius 3 is 1.74 bits per heavy atom. The van der Waals surface area contributed by atoms with E-state index in [0.29, 0.717) is 0 Å². The minimum absolute atomic E-state index is 0. The summed E-state index contributed by atoms with van der Waals surface area (Å²) in [5, 5.41) is 3.10. The minimum Gasteiger partial charge on any atom is -0.308 e. The topological polar surface area (TPSA) is 58.2 Å². The SMILES string of the molecule is O=S(=O)(CCl)N[C@H](c1ccccc1)[C@H](NCCCc1ccccc1)c1ccccc1.[Ru+2]. The average Bonchev–Trinajstić information content (AvgIpc) is 2.80. The van der Waals surface area contributed by atoms with Gasteiger partial charge in [0.25, 0.3) is 0 Å². The van der Waals surface area contributed by atoms with E-state index in [9.17, 15) is 8.42 Å². The summed E-state index contributed by atoms with van der Waals surface area (Å²) in [4.78, 5) is 0. The maximum atomic E-state index is 12.4. The summed E-state index contributed by atoms with van der Waals surface area (Å²) in [6.07, 6.45) is 1.90. The van der Waals surface area contributed by atoms with E-state index < -0.39 is 21.3 Å². The number of hydrogen-bond donors (Lipinski definition) is 2. The van der Waals surface area contributed by atoms with Crippen molar-refractivity contribution in [3.8, 4) is 0 Å². The van der Waals surface area contributed by atoms with Crippen LogP contribution >= 0.6 is 11.6 Å². The van der Waals surface area contributed by atoms with Crippen molar-refractivity contribution >= 4 is 21.6 Å². The molecule has 0 aliphatic heterocycles. The monoisotopic (exact) mass is 544 g/mol. The number of rotatable bonds is 11. The van der Waals surface area contributed by atoms with Crippen LogP contribution < -0.4 is 10.0 Å². The summed E-state index contributed by atoms with van der Waals surface area (Å²) >= 11 is 5.70. The van der Waals surface area contributed by atoms with Gasteiger partial charge in [0.2, 0.25) is 10.0 Å². The summed E-state index contributed by atoms with van der Waals surface area (Å²) in [7, 11) is -3.62. The van der Waals surface area contributed by atoms with E-state index in [1.54, 1.807) is 0 Å². The third-order valence-corrected chi connectivity index (χ3v) is 6.71. The standard InChI is InChI=1S/C24H27ClN2O2S.Ru/c25-19-30(28,29)27-24(22-16-8-3-9-17-22)23(21-14-6-2-7-15-21)26-18-10-13-20-11-4-1-5-12-20;/h1-9,11-12,14-17,23-24,26-27H,10,13,18-19H2;/q;+2/t23-,24-;/m1./s1. The Morgan fingerprint density at radius 1 is 0.742 bits per heavy atom. The molecule has 0 bridgehead atoms. The van der Waals surface area contributed by atoms with Crippen molar-refractivity contribution in [2.24, 2.45) is 0 Å². The van der Waals surface area contributed by atoms with Gasteiger partial charge in [0, 0.05) is 0 Å². The Hall–Kier alpha value is -1.56. The zero-order valence-electron chi connectivity index (χ0n) is 17.1. The maximum Gasteiger partial charge on any atom is 2.00 e. The van der Waals surface area contributed by atoms with Gasteiger partial charge in [-0.05, 0) is 36.1 Å². The number of alkyl halides is 1. The van der Waals surface area contributed by atoms with Crippen molar-refractivity contribution in [2.75, 3.05) is 11.8 Å². The number of nitrogens with one attached hydrogen (secondary N) is 2. The first kappa shape index (κ1) is 25.7. The zero-order chi connectivity index (χ0) is 21.2. The molecule has 3 aromatic carbocycles. The molecule has 4 nitrogen and oxygen atoms in total. The van der Waals surface area contributed by atoms with Crippen molar-refractivity contribution in [3.05, 3.63) is 108 Å². The van der Waals surface area contributed by atoms with Gasteiger partial charge in [0.05, 0.1) is 12.1 Å². The predicted octanol–water partition coefficient (Wildman–Crippen LogP) is 4.80. The molecule has 0 aromatic heterocycles. The van der Waals surface area contributed by atoms with Crippen molar-refractivity contribution in [3.63, 3.8) is 0 Å². The molecule has 0 spiro atoms. The fourth-order valence-electron chi connectivity index (χ4n) is 3.50. The van der Waals surface area contributed by atoms with Gasteiger partial charge in [0.15, 0.2) is 0 Å². The quantitative estimate of drug-likeness (QED) is 0.207. The minimum atomic E-state index is -3.62. The van der Waals surface area contributed by atoms with Crippen molar-refractivity contribution in [1.29, 1.82) is 0 Å². The molecule has 164 valence electrons. The summed E-state index contributed by atoms with van der Waals surface area (Å²) in [6.45, 7) is 0.750. The molecule has 2 atom stereocenters. The third kappa shape index (κ3) is 8.14. The fourth-order valence-corrected chi connectivity index (χ4v) is 4.41. The zero-order valence-corrected chi connectivity index (χ0v) is 20.4. The van der Waals surface area contributed by atoms with Crippen LogP contribution in [-0.4, -0.2) is 20.2 Å². The Bertz CT molecular complexity index is 990. The van der Waals surface area contributed by atoms with E-state index in [-0.39, 0.29) is 25.5 Å². The number of hydrogen-bond acceptors (Lipinski definition) is 3. The van der Waals surface area contributed by atoms with E-state index in [4.69, 9.17) is 11.6 Å². The van der Waals surface area contributed by atoms with Gasteiger partial charge in [-0.25, -0.2) is 13.1 Å². The summed E-state index contributed by atoms with van der Waals surface area (Å²) in [5.41, 5.74) is 3.19. The van der Waals surface area contributed by atoms with E-state index in [1.807, 2.05) is 78.9 Å². The third-order valence-electron chi connectivity index (χ3n) is 4.95. The molecule has 0 aliphatic carbocycles. The normalized spacial score (nSPS) is 13.2. The van der Waals surface area contributed by atoms with Crippen LogP contribution in [0.5, 0.6) is 0 Å². The Kier molecular flexibility index (Phi) is 10.9. The second kappa shape index (κ2) is 13.1. The molecular weight excluding hydrogens is 517 g/mol.